The number of pyridine rings is 1. The number of aromatic nitrogens is 1. The van der Waals surface area contributed by atoms with Crippen LogP contribution in [-0.2, 0) is 11.2 Å². The zero-order chi connectivity index (χ0) is 20.0. The summed E-state index contributed by atoms with van der Waals surface area (Å²) in [6, 6.07) is 2.53. The Balaban J connectivity index is 2.83. The second-order valence-electron chi connectivity index (χ2n) is 8.24. The van der Waals surface area contributed by atoms with Gasteiger partial charge in [-0.3, -0.25) is 4.98 Å². The average Bonchev–Trinajstić information content (AvgIpc) is 2.54. The van der Waals surface area contributed by atoms with Crippen LogP contribution in [0.2, 0.25) is 0 Å². The van der Waals surface area contributed by atoms with Crippen molar-refractivity contribution in [1.82, 2.24) is 4.98 Å². The van der Waals surface area contributed by atoms with E-state index in [1.165, 1.54) is 0 Å². The zero-order valence-electron chi connectivity index (χ0n) is 16.7. The number of aliphatic carboxylic acids is 1. The van der Waals surface area contributed by atoms with Gasteiger partial charge in [-0.15, -0.1) is 0 Å². The van der Waals surface area contributed by atoms with Gasteiger partial charge in [0, 0.05) is 30.4 Å². The molecule has 4 N–H and O–H groups in total. The predicted octanol–water partition coefficient (Wildman–Crippen LogP) is 3.02. The molecule has 6 nitrogen and oxygen atoms in total. The SMILES string of the molecule is CCC(C)(C)CCOc1ccnc(C[C@](O)(C(=O)O)[C@@H](N)CC(C)C)c1. The van der Waals surface area contributed by atoms with Crippen molar-refractivity contribution in [3.8, 4) is 5.75 Å². The summed E-state index contributed by atoms with van der Waals surface area (Å²) in [5, 5.41) is 20.2. The lowest BCUT2D eigenvalue weighted by Gasteiger charge is -2.30. The molecule has 6 heteroatoms. The molecule has 0 aliphatic rings. The molecular formula is C20H34N2O4. The fraction of sp³-hybridized carbons (Fsp3) is 0.700. The van der Waals surface area contributed by atoms with Gasteiger partial charge < -0.3 is 20.7 Å². The highest BCUT2D eigenvalue weighted by molar-refractivity contribution is 5.78. The van der Waals surface area contributed by atoms with E-state index < -0.39 is 17.6 Å². The summed E-state index contributed by atoms with van der Waals surface area (Å²) in [7, 11) is 0. The van der Waals surface area contributed by atoms with Crippen LogP contribution in [0.5, 0.6) is 5.75 Å². The fourth-order valence-electron chi connectivity index (χ4n) is 2.61. The third-order valence-corrected chi connectivity index (χ3v) is 4.95. The Labute approximate surface area is 156 Å². The number of nitrogens with zero attached hydrogens (tertiary/aromatic N) is 1. The van der Waals surface area contributed by atoms with Crippen molar-refractivity contribution in [1.29, 1.82) is 0 Å². The van der Waals surface area contributed by atoms with Gasteiger partial charge in [0.2, 0.25) is 0 Å². The minimum absolute atomic E-state index is 0.159. The molecule has 0 aliphatic heterocycles. The lowest BCUT2D eigenvalue weighted by molar-refractivity contribution is -0.161. The van der Waals surface area contributed by atoms with Crippen LogP contribution < -0.4 is 10.5 Å². The molecule has 0 saturated heterocycles. The van der Waals surface area contributed by atoms with Crippen molar-refractivity contribution in [2.45, 2.75) is 71.9 Å². The maximum Gasteiger partial charge on any atom is 0.337 e. The smallest absolute Gasteiger partial charge is 0.337 e. The molecule has 0 amide bonds. The summed E-state index contributed by atoms with van der Waals surface area (Å²) in [5.74, 6) is -0.532. The topological polar surface area (TPSA) is 106 Å². The van der Waals surface area contributed by atoms with Crippen LogP contribution in [0.3, 0.4) is 0 Å². The van der Waals surface area contributed by atoms with Gasteiger partial charge >= 0.3 is 5.97 Å². The van der Waals surface area contributed by atoms with Gasteiger partial charge in [-0.1, -0.05) is 41.0 Å². The van der Waals surface area contributed by atoms with E-state index in [0.717, 1.165) is 12.8 Å². The lowest BCUT2D eigenvalue weighted by Crippen LogP contribution is -2.56. The van der Waals surface area contributed by atoms with Crippen molar-refractivity contribution in [2.75, 3.05) is 6.61 Å². The number of hydrogen-bond acceptors (Lipinski definition) is 5. The number of carboxylic acids is 1. The zero-order valence-corrected chi connectivity index (χ0v) is 16.7. The van der Waals surface area contributed by atoms with Crippen molar-refractivity contribution in [3.05, 3.63) is 24.0 Å². The van der Waals surface area contributed by atoms with Crippen molar-refractivity contribution in [3.63, 3.8) is 0 Å². The molecule has 0 aliphatic carbocycles. The number of aliphatic hydroxyl groups is 1. The van der Waals surface area contributed by atoms with Crippen molar-refractivity contribution >= 4 is 5.97 Å². The van der Waals surface area contributed by atoms with Crippen molar-refractivity contribution < 1.29 is 19.7 Å². The summed E-state index contributed by atoms with van der Waals surface area (Å²) < 4.78 is 5.78. The molecule has 2 atom stereocenters. The van der Waals surface area contributed by atoms with Crippen LogP contribution in [-0.4, -0.2) is 39.4 Å². The second-order valence-corrected chi connectivity index (χ2v) is 8.24. The van der Waals surface area contributed by atoms with Gasteiger partial charge in [0.1, 0.15) is 5.75 Å². The Morgan fingerprint density at radius 1 is 1.38 bits per heavy atom. The number of carboxylic acid groups (broad SMARTS) is 1. The first kappa shape index (κ1) is 22.4. The maximum atomic E-state index is 11.7. The quantitative estimate of drug-likeness (QED) is 0.556. The number of carbonyl (C=O) groups is 1. The molecule has 1 aromatic rings. The first-order chi connectivity index (χ1) is 12.0. The molecule has 0 bridgehead atoms. The monoisotopic (exact) mass is 366 g/mol. The molecular weight excluding hydrogens is 332 g/mol. The molecule has 0 saturated carbocycles. The molecule has 1 heterocycles. The third-order valence-electron chi connectivity index (χ3n) is 4.95. The number of rotatable bonds is 11. The number of nitrogens with two attached hydrogens (primary N) is 1. The third kappa shape index (κ3) is 6.57. The summed E-state index contributed by atoms with van der Waals surface area (Å²) in [5.41, 5.74) is 4.60. The summed E-state index contributed by atoms with van der Waals surface area (Å²) in [4.78, 5) is 15.8. The number of hydrogen-bond donors (Lipinski definition) is 3. The first-order valence-corrected chi connectivity index (χ1v) is 9.29. The minimum atomic E-state index is -2.06. The van der Waals surface area contributed by atoms with Crippen molar-refractivity contribution in [2.24, 2.45) is 17.1 Å². The minimum Gasteiger partial charge on any atom is -0.493 e. The van der Waals surface area contributed by atoms with Gasteiger partial charge in [-0.25, -0.2) is 4.79 Å². The molecule has 0 radical (unpaired) electrons. The Kier molecular flexibility index (Phi) is 8.03. The van der Waals surface area contributed by atoms with Gasteiger partial charge in [0.25, 0.3) is 0 Å². The average molecular weight is 367 g/mol. The largest absolute Gasteiger partial charge is 0.493 e. The van der Waals surface area contributed by atoms with Gasteiger partial charge in [-0.2, -0.15) is 0 Å². The molecule has 0 unspecified atom stereocenters. The Morgan fingerprint density at radius 3 is 2.58 bits per heavy atom. The van der Waals surface area contributed by atoms with E-state index in [0.29, 0.717) is 24.5 Å². The molecule has 1 rings (SSSR count). The Morgan fingerprint density at radius 2 is 2.04 bits per heavy atom. The Bertz CT molecular complexity index is 589. The first-order valence-electron chi connectivity index (χ1n) is 9.29. The van der Waals surface area contributed by atoms with E-state index in [1.54, 1.807) is 18.3 Å². The molecule has 0 fully saturated rings. The molecule has 0 aromatic carbocycles. The van der Waals surface area contributed by atoms with E-state index in [9.17, 15) is 15.0 Å². The van der Waals surface area contributed by atoms with Crippen LogP contribution in [0, 0.1) is 11.3 Å². The van der Waals surface area contributed by atoms with Crippen LogP contribution >= 0.6 is 0 Å². The maximum absolute atomic E-state index is 11.7. The Hall–Kier alpha value is -1.66. The van der Waals surface area contributed by atoms with Crippen LogP contribution in [0.25, 0.3) is 0 Å². The van der Waals surface area contributed by atoms with Crippen LogP contribution in [0.4, 0.5) is 0 Å². The second kappa shape index (κ2) is 9.33. The standard InChI is InChI=1S/C20H34N2O4/c1-6-19(4,5)8-10-26-16-7-9-22-15(12-16)13-20(25,18(23)24)17(21)11-14(2)3/h7,9,12,14,17,25H,6,8,10-11,13,21H2,1-5H3,(H,23,24)/t17-,20+/m0/s1. The molecule has 26 heavy (non-hydrogen) atoms. The summed E-state index contributed by atoms with van der Waals surface area (Å²) >= 11 is 0. The highest BCUT2D eigenvalue weighted by atomic mass is 16.5. The van der Waals surface area contributed by atoms with Crippen LogP contribution in [0.1, 0.15) is 59.6 Å². The van der Waals surface area contributed by atoms with Gasteiger partial charge in [0.05, 0.1) is 6.61 Å². The molecule has 0 spiro atoms. The predicted molar refractivity (Wildman–Crippen MR) is 102 cm³/mol. The van der Waals surface area contributed by atoms with Gasteiger partial charge in [-0.05, 0) is 30.2 Å². The van der Waals surface area contributed by atoms with E-state index in [2.05, 4.69) is 25.8 Å². The lowest BCUT2D eigenvalue weighted by atomic mass is 9.84. The molecule has 148 valence electrons. The fourth-order valence-corrected chi connectivity index (χ4v) is 2.61. The van der Waals surface area contributed by atoms with Crippen LogP contribution in [0.15, 0.2) is 18.3 Å². The number of ether oxygens (including phenoxy) is 1. The van der Waals surface area contributed by atoms with E-state index in [-0.39, 0.29) is 17.8 Å². The van der Waals surface area contributed by atoms with E-state index in [1.807, 2.05) is 13.8 Å². The van der Waals surface area contributed by atoms with Gasteiger partial charge in [0.15, 0.2) is 5.60 Å². The summed E-state index contributed by atoms with van der Waals surface area (Å²) in [6.07, 6.45) is 3.79. The van der Waals surface area contributed by atoms with E-state index >= 15 is 0 Å². The highest BCUT2D eigenvalue weighted by Crippen LogP contribution is 2.26. The highest BCUT2D eigenvalue weighted by Gasteiger charge is 2.43. The summed E-state index contributed by atoms with van der Waals surface area (Å²) in [6.45, 7) is 11.0. The van der Waals surface area contributed by atoms with E-state index in [4.69, 9.17) is 10.5 Å². The molecule has 1 aromatic heterocycles. The normalized spacial score (nSPS) is 15.5.